The van der Waals surface area contributed by atoms with E-state index in [1.807, 2.05) is 6.07 Å². The van der Waals surface area contributed by atoms with E-state index in [2.05, 4.69) is 15.5 Å². The van der Waals surface area contributed by atoms with E-state index in [1.54, 1.807) is 55.5 Å². The second kappa shape index (κ2) is 6.50. The Labute approximate surface area is 137 Å². The molecule has 0 spiro atoms. The van der Waals surface area contributed by atoms with Gasteiger partial charge in [-0.2, -0.15) is 0 Å². The molecule has 1 amide bonds. The van der Waals surface area contributed by atoms with Gasteiger partial charge in [0.1, 0.15) is 5.01 Å². The Morgan fingerprint density at radius 1 is 0.913 bits per heavy atom. The quantitative estimate of drug-likeness (QED) is 0.748. The van der Waals surface area contributed by atoms with Crippen molar-refractivity contribution >= 4 is 28.2 Å². The second-order valence-corrected chi connectivity index (χ2v) is 6.00. The van der Waals surface area contributed by atoms with E-state index < -0.39 is 0 Å². The summed E-state index contributed by atoms with van der Waals surface area (Å²) in [6.07, 6.45) is 0. The van der Waals surface area contributed by atoms with E-state index >= 15 is 0 Å². The summed E-state index contributed by atoms with van der Waals surface area (Å²) >= 11 is 1.28. The third-order valence-electron chi connectivity index (χ3n) is 3.20. The highest BCUT2D eigenvalue weighted by Gasteiger charge is 2.18. The highest BCUT2D eigenvalue weighted by Crippen LogP contribution is 2.18. The van der Waals surface area contributed by atoms with E-state index in [9.17, 15) is 9.59 Å². The fourth-order valence-corrected chi connectivity index (χ4v) is 2.72. The first kappa shape index (κ1) is 15.1. The zero-order valence-electron chi connectivity index (χ0n) is 12.3. The molecule has 0 aliphatic rings. The van der Waals surface area contributed by atoms with Gasteiger partial charge in [-0.3, -0.25) is 14.9 Å². The molecule has 23 heavy (non-hydrogen) atoms. The molecule has 0 aliphatic carbocycles. The predicted octanol–water partition coefficient (Wildman–Crippen LogP) is 3.33. The largest absolute Gasteiger partial charge is 0.296 e. The first-order valence-electron chi connectivity index (χ1n) is 6.95. The zero-order valence-corrected chi connectivity index (χ0v) is 13.1. The van der Waals surface area contributed by atoms with Gasteiger partial charge >= 0.3 is 0 Å². The van der Waals surface area contributed by atoms with Gasteiger partial charge in [-0.15, -0.1) is 10.2 Å². The summed E-state index contributed by atoms with van der Waals surface area (Å²) in [5, 5.41) is 11.6. The lowest BCUT2D eigenvalue weighted by atomic mass is 9.98. The molecule has 5 nitrogen and oxygen atoms in total. The summed E-state index contributed by atoms with van der Waals surface area (Å²) in [5.41, 5.74) is 1.21. The van der Waals surface area contributed by atoms with Gasteiger partial charge < -0.3 is 0 Å². The van der Waals surface area contributed by atoms with Crippen molar-refractivity contribution in [3.05, 3.63) is 76.3 Å². The first-order chi connectivity index (χ1) is 11.1. The number of ketones is 1. The molecule has 0 aliphatic heterocycles. The molecule has 1 heterocycles. The van der Waals surface area contributed by atoms with Crippen molar-refractivity contribution in [3.63, 3.8) is 0 Å². The number of anilines is 1. The molecule has 1 N–H and O–H groups in total. The van der Waals surface area contributed by atoms with Gasteiger partial charge in [0, 0.05) is 11.1 Å². The number of carbonyl (C=O) groups excluding carboxylic acids is 2. The van der Waals surface area contributed by atoms with Crippen molar-refractivity contribution in [1.29, 1.82) is 0 Å². The summed E-state index contributed by atoms with van der Waals surface area (Å²) in [6.45, 7) is 1.81. The van der Waals surface area contributed by atoms with Crippen LogP contribution in [0, 0.1) is 6.92 Å². The van der Waals surface area contributed by atoms with E-state index in [1.165, 1.54) is 11.3 Å². The van der Waals surface area contributed by atoms with Crippen LogP contribution in [0.5, 0.6) is 0 Å². The highest BCUT2D eigenvalue weighted by atomic mass is 32.1. The number of rotatable bonds is 4. The molecule has 2 aromatic carbocycles. The molecular formula is C17H13N3O2S. The standard InChI is InChI=1S/C17H13N3O2S/c1-11-19-20-17(23-11)18-16(22)14-10-6-5-9-13(14)15(21)12-7-3-2-4-8-12/h2-10H,1H3,(H,18,20,22). The fraction of sp³-hybridized carbons (Fsp3) is 0.0588. The molecule has 0 fully saturated rings. The lowest BCUT2D eigenvalue weighted by Crippen LogP contribution is -2.16. The van der Waals surface area contributed by atoms with Gasteiger partial charge in [0.25, 0.3) is 5.91 Å². The summed E-state index contributed by atoms with van der Waals surface area (Å²) in [5.74, 6) is -0.564. The Kier molecular flexibility index (Phi) is 4.25. The average molecular weight is 323 g/mol. The minimum absolute atomic E-state index is 0.190. The molecule has 3 aromatic rings. The Morgan fingerprint density at radius 2 is 1.57 bits per heavy atom. The van der Waals surface area contributed by atoms with Crippen LogP contribution >= 0.6 is 11.3 Å². The minimum Gasteiger partial charge on any atom is -0.296 e. The van der Waals surface area contributed by atoms with Crippen molar-refractivity contribution in [2.24, 2.45) is 0 Å². The molecule has 6 heteroatoms. The van der Waals surface area contributed by atoms with Gasteiger partial charge in [0.15, 0.2) is 5.78 Å². The van der Waals surface area contributed by atoms with Crippen molar-refractivity contribution < 1.29 is 9.59 Å². The van der Waals surface area contributed by atoms with Gasteiger partial charge in [0.05, 0.1) is 5.56 Å². The monoisotopic (exact) mass is 323 g/mol. The van der Waals surface area contributed by atoms with Crippen LogP contribution in [-0.2, 0) is 0 Å². The molecule has 0 saturated heterocycles. The van der Waals surface area contributed by atoms with Crippen molar-refractivity contribution in [3.8, 4) is 0 Å². The number of amides is 1. The molecule has 0 unspecified atom stereocenters. The summed E-state index contributed by atoms with van der Waals surface area (Å²) in [7, 11) is 0. The maximum atomic E-state index is 12.6. The highest BCUT2D eigenvalue weighted by molar-refractivity contribution is 7.15. The number of hydrogen-bond donors (Lipinski definition) is 1. The third-order valence-corrected chi connectivity index (χ3v) is 3.95. The maximum absolute atomic E-state index is 12.6. The number of nitrogens with zero attached hydrogens (tertiary/aromatic N) is 2. The molecule has 114 valence electrons. The van der Waals surface area contributed by atoms with Gasteiger partial charge in [-0.05, 0) is 13.0 Å². The number of nitrogens with one attached hydrogen (secondary N) is 1. The summed E-state index contributed by atoms with van der Waals surface area (Å²) in [4.78, 5) is 25.1. The van der Waals surface area contributed by atoms with Gasteiger partial charge in [-0.25, -0.2) is 0 Å². The second-order valence-electron chi connectivity index (χ2n) is 4.82. The summed E-state index contributed by atoms with van der Waals surface area (Å²) < 4.78 is 0. The number of benzene rings is 2. The zero-order chi connectivity index (χ0) is 16.2. The third kappa shape index (κ3) is 3.32. The van der Waals surface area contributed by atoms with E-state index in [0.29, 0.717) is 21.8 Å². The van der Waals surface area contributed by atoms with Crippen molar-refractivity contribution in [2.45, 2.75) is 6.92 Å². The molecule has 0 atom stereocenters. The number of aromatic nitrogens is 2. The fourth-order valence-electron chi connectivity index (χ4n) is 2.14. The number of aryl methyl sites for hydroxylation is 1. The van der Waals surface area contributed by atoms with Crippen LogP contribution in [0.3, 0.4) is 0 Å². The minimum atomic E-state index is -0.374. The smallest absolute Gasteiger partial charge is 0.258 e. The Hall–Kier alpha value is -2.86. The lowest BCUT2D eigenvalue weighted by Gasteiger charge is -2.08. The summed E-state index contributed by atoms with van der Waals surface area (Å²) in [6, 6.07) is 15.6. The van der Waals surface area contributed by atoms with Crippen LogP contribution in [0.15, 0.2) is 54.6 Å². The first-order valence-corrected chi connectivity index (χ1v) is 7.77. The van der Waals surface area contributed by atoms with Crippen LogP contribution in [0.1, 0.15) is 31.3 Å². The van der Waals surface area contributed by atoms with Crippen LogP contribution < -0.4 is 5.32 Å². The lowest BCUT2D eigenvalue weighted by molar-refractivity contribution is 0.0996. The van der Waals surface area contributed by atoms with Crippen LogP contribution in [-0.4, -0.2) is 21.9 Å². The topological polar surface area (TPSA) is 72.0 Å². The average Bonchev–Trinajstić information content (AvgIpc) is 3.00. The van der Waals surface area contributed by atoms with E-state index in [-0.39, 0.29) is 11.7 Å². The van der Waals surface area contributed by atoms with Gasteiger partial charge in [0.2, 0.25) is 5.13 Å². The van der Waals surface area contributed by atoms with Gasteiger partial charge in [-0.1, -0.05) is 59.9 Å². The predicted molar refractivity (Wildman–Crippen MR) is 88.9 cm³/mol. The molecule has 3 rings (SSSR count). The molecule has 1 aromatic heterocycles. The van der Waals surface area contributed by atoms with Crippen LogP contribution in [0.4, 0.5) is 5.13 Å². The Bertz CT molecular complexity index is 859. The SMILES string of the molecule is Cc1nnc(NC(=O)c2ccccc2C(=O)c2ccccc2)s1. The molecular weight excluding hydrogens is 310 g/mol. The van der Waals surface area contributed by atoms with Crippen molar-refractivity contribution in [1.82, 2.24) is 10.2 Å². The van der Waals surface area contributed by atoms with Crippen molar-refractivity contribution in [2.75, 3.05) is 5.32 Å². The maximum Gasteiger partial charge on any atom is 0.258 e. The molecule has 0 radical (unpaired) electrons. The number of carbonyl (C=O) groups is 2. The Balaban J connectivity index is 1.91. The van der Waals surface area contributed by atoms with E-state index in [0.717, 1.165) is 5.01 Å². The Morgan fingerprint density at radius 3 is 2.22 bits per heavy atom. The normalized spacial score (nSPS) is 10.3. The number of hydrogen-bond acceptors (Lipinski definition) is 5. The van der Waals surface area contributed by atoms with Crippen LogP contribution in [0.25, 0.3) is 0 Å². The molecule has 0 bridgehead atoms. The van der Waals surface area contributed by atoms with Crippen LogP contribution in [0.2, 0.25) is 0 Å². The van der Waals surface area contributed by atoms with E-state index in [4.69, 9.17) is 0 Å². The molecule has 0 saturated carbocycles.